The van der Waals surface area contributed by atoms with Gasteiger partial charge in [0.05, 0.1) is 17.3 Å². The zero-order chi connectivity index (χ0) is 13.3. The molecule has 2 unspecified atom stereocenters. The van der Waals surface area contributed by atoms with Gasteiger partial charge in [-0.1, -0.05) is 20.8 Å². The topological polar surface area (TPSA) is 34.2 Å². The first-order valence-corrected chi connectivity index (χ1v) is 7.44. The van der Waals surface area contributed by atoms with Crippen LogP contribution in [0.5, 0.6) is 0 Å². The van der Waals surface area contributed by atoms with Crippen LogP contribution in [0.1, 0.15) is 54.7 Å². The minimum absolute atomic E-state index is 0.344. The molecular weight excluding hydrogens is 244 g/mol. The molecule has 0 aliphatic heterocycles. The van der Waals surface area contributed by atoms with Gasteiger partial charge < -0.3 is 10.1 Å². The van der Waals surface area contributed by atoms with Crippen LogP contribution in [0.3, 0.4) is 0 Å². The van der Waals surface area contributed by atoms with Crippen LogP contribution in [0.15, 0.2) is 0 Å². The van der Waals surface area contributed by atoms with Gasteiger partial charge in [-0.15, -0.1) is 11.3 Å². The van der Waals surface area contributed by atoms with E-state index in [1.54, 1.807) is 7.11 Å². The van der Waals surface area contributed by atoms with Gasteiger partial charge in [-0.2, -0.15) is 0 Å². The number of thiazole rings is 1. The van der Waals surface area contributed by atoms with Gasteiger partial charge in [-0.3, -0.25) is 0 Å². The van der Waals surface area contributed by atoms with Gasteiger partial charge in [0.1, 0.15) is 0 Å². The van der Waals surface area contributed by atoms with Crippen molar-refractivity contribution < 1.29 is 4.74 Å². The summed E-state index contributed by atoms with van der Waals surface area (Å²) in [4.78, 5) is 6.30. The average Bonchev–Trinajstić information content (AvgIpc) is 2.70. The van der Waals surface area contributed by atoms with Gasteiger partial charge in [0.2, 0.25) is 0 Å². The van der Waals surface area contributed by atoms with E-state index in [0.29, 0.717) is 17.4 Å². The number of ether oxygens (including phenoxy) is 1. The third kappa shape index (κ3) is 2.76. The van der Waals surface area contributed by atoms with Crippen molar-refractivity contribution in [3.05, 3.63) is 15.6 Å². The Hall–Kier alpha value is -0.450. The van der Waals surface area contributed by atoms with E-state index < -0.39 is 0 Å². The maximum Gasteiger partial charge on any atom is 0.0982 e. The molecule has 1 aromatic rings. The Balaban J connectivity index is 2.29. The van der Waals surface area contributed by atoms with Crippen LogP contribution < -0.4 is 5.32 Å². The summed E-state index contributed by atoms with van der Waals surface area (Å²) in [5, 5.41) is 4.66. The highest BCUT2D eigenvalue weighted by molar-refractivity contribution is 7.12. The Morgan fingerprint density at radius 3 is 2.89 bits per heavy atom. The molecule has 3 nitrogen and oxygen atoms in total. The molecule has 1 N–H and O–H groups in total. The molecule has 0 amide bonds. The fraction of sp³-hybridized carbons (Fsp3) is 0.786. The second-order valence-corrected chi connectivity index (χ2v) is 7.17. The number of nitrogens with zero attached hydrogens (tertiary/aromatic N) is 1. The first kappa shape index (κ1) is 14.0. The molecule has 4 heteroatoms. The van der Waals surface area contributed by atoms with Crippen molar-refractivity contribution in [2.45, 2.75) is 45.6 Å². The quantitative estimate of drug-likeness (QED) is 0.911. The summed E-state index contributed by atoms with van der Waals surface area (Å²) >= 11 is 1.86. The third-order valence-corrected chi connectivity index (χ3v) is 5.09. The van der Waals surface area contributed by atoms with E-state index in [1.165, 1.54) is 22.0 Å². The number of hydrogen-bond donors (Lipinski definition) is 1. The Kier molecular flexibility index (Phi) is 4.09. The summed E-state index contributed by atoms with van der Waals surface area (Å²) in [7, 11) is 3.80. The molecule has 0 aromatic carbocycles. The number of aromatic nitrogens is 1. The Labute approximate surface area is 114 Å². The molecule has 102 valence electrons. The molecule has 0 fully saturated rings. The Morgan fingerprint density at radius 1 is 1.56 bits per heavy atom. The maximum atomic E-state index is 5.24. The van der Waals surface area contributed by atoms with E-state index in [9.17, 15) is 0 Å². The van der Waals surface area contributed by atoms with Crippen molar-refractivity contribution in [3.8, 4) is 0 Å². The predicted molar refractivity (Wildman–Crippen MR) is 76.3 cm³/mol. The molecule has 2 rings (SSSR count). The van der Waals surface area contributed by atoms with E-state index in [2.05, 4.69) is 26.1 Å². The van der Waals surface area contributed by atoms with Gasteiger partial charge in [-0.05, 0) is 25.3 Å². The molecule has 1 aromatic heterocycles. The molecule has 2 atom stereocenters. The Morgan fingerprint density at radius 2 is 2.28 bits per heavy atom. The lowest BCUT2D eigenvalue weighted by atomic mass is 9.76. The molecule has 0 spiro atoms. The lowest BCUT2D eigenvalue weighted by molar-refractivity contribution is 0.184. The van der Waals surface area contributed by atoms with Crippen molar-refractivity contribution >= 4 is 11.3 Å². The highest BCUT2D eigenvalue weighted by Gasteiger charge is 2.34. The number of fused-ring (bicyclic) bond motifs is 1. The van der Waals surface area contributed by atoms with Gasteiger partial charge in [0.15, 0.2) is 0 Å². The van der Waals surface area contributed by atoms with Crippen LogP contribution in [0.4, 0.5) is 0 Å². The SMILES string of the molecule is CNC1CC(C)(C)Cc2nc(C(C)COC)sc21. The lowest BCUT2D eigenvalue weighted by Crippen LogP contribution is -2.30. The van der Waals surface area contributed by atoms with Crippen LogP contribution in [-0.2, 0) is 11.2 Å². The van der Waals surface area contributed by atoms with Crippen LogP contribution >= 0.6 is 11.3 Å². The minimum atomic E-state index is 0.344. The van der Waals surface area contributed by atoms with E-state index in [4.69, 9.17) is 9.72 Å². The molecule has 1 aliphatic rings. The van der Waals surface area contributed by atoms with Crippen molar-refractivity contribution in [1.29, 1.82) is 0 Å². The van der Waals surface area contributed by atoms with Crippen LogP contribution in [0, 0.1) is 5.41 Å². The molecule has 0 bridgehead atoms. The van der Waals surface area contributed by atoms with Gasteiger partial charge in [0, 0.05) is 23.9 Å². The Bertz CT molecular complexity index is 414. The summed E-state index contributed by atoms with van der Waals surface area (Å²) in [5.41, 5.74) is 1.64. The van der Waals surface area contributed by atoms with Crippen LogP contribution in [-0.4, -0.2) is 25.7 Å². The van der Waals surface area contributed by atoms with E-state index >= 15 is 0 Å². The van der Waals surface area contributed by atoms with Crippen LogP contribution in [0.2, 0.25) is 0 Å². The van der Waals surface area contributed by atoms with Crippen molar-refractivity contribution in [1.82, 2.24) is 10.3 Å². The predicted octanol–water partition coefficient (Wildman–Crippen LogP) is 3.13. The first-order chi connectivity index (χ1) is 8.46. The molecule has 1 heterocycles. The molecule has 0 radical (unpaired) electrons. The summed E-state index contributed by atoms with van der Waals surface area (Å²) in [6.07, 6.45) is 2.29. The van der Waals surface area contributed by atoms with Crippen molar-refractivity contribution in [2.24, 2.45) is 5.41 Å². The highest BCUT2D eigenvalue weighted by Crippen LogP contribution is 2.43. The highest BCUT2D eigenvalue weighted by atomic mass is 32.1. The number of hydrogen-bond acceptors (Lipinski definition) is 4. The standard InChI is InChI=1S/C14H24N2OS/c1-9(8-17-5)13-16-11-7-14(2,3)6-10(15-4)12(11)18-13/h9-10,15H,6-8H2,1-5H3. The van der Waals surface area contributed by atoms with E-state index in [-0.39, 0.29) is 0 Å². The molecule has 18 heavy (non-hydrogen) atoms. The lowest BCUT2D eigenvalue weighted by Gasteiger charge is -2.34. The summed E-state index contributed by atoms with van der Waals surface area (Å²) in [5.74, 6) is 0.395. The fourth-order valence-corrected chi connectivity index (χ4v) is 3.95. The van der Waals surface area contributed by atoms with Gasteiger partial charge >= 0.3 is 0 Å². The van der Waals surface area contributed by atoms with Crippen molar-refractivity contribution in [2.75, 3.05) is 20.8 Å². The maximum absolute atomic E-state index is 5.24. The second-order valence-electron chi connectivity index (χ2n) is 6.11. The fourth-order valence-electron chi connectivity index (χ4n) is 2.72. The number of nitrogens with one attached hydrogen (secondary N) is 1. The molecule has 0 saturated carbocycles. The summed E-state index contributed by atoms with van der Waals surface area (Å²) < 4.78 is 5.24. The minimum Gasteiger partial charge on any atom is -0.384 e. The van der Waals surface area contributed by atoms with Gasteiger partial charge in [-0.25, -0.2) is 4.98 Å². The first-order valence-electron chi connectivity index (χ1n) is 6.62. The summed E-state index contributed by atoms with van der Waals surface area (Å²) in [6.45, 7) is 7.60. The monoisotopic (exact) mass is 268 g/mol. The third-order valence-electron chi connectivity index (χ3n) is 3.65. The van der Waals surface area contributed by atoms with E-state index in [0.717, 1.165) is 13.0 Å². The summed E-state index contributed by atoms with van der Waals surface area (Å²) in [6, 6.07) is 0.463. The van der Waals surface area contributed by atoms with Gasteiger partial charge in [0.25, 0.3) is 0 Å². The number of methoxy groups -OCH3 is 1. The largest absolute Gasteiger partial charge is 0.384 e. The average molecular weight is 268 g/mol. The molecule has 1 aliphatic carbocycles. The number of rotatable bonds is 4. The molecule has 0 saturated heterocycles. The van der Waals surface area contributed by atoms with E-state index in [1.807, 2.05) is 18.4 Å². The van der Waals surface area contributed by atoms with Crippen molar-refractivity contribution in [3.63, 3.8) is 0 Å². The smallest absolute Gasteiger partial charge is 0.0982 e. The zero-order valence-corrected chi connectivity index (χ0v) is 12.9. The van der Waals surface area contributed by atoms with Crippen LogP contribution in [0.25, 0.3) is 0 Å². The second kappa shape index (κ2) is 5.27. The molecular formula is C14H24N2OS. The normalized spacial score (nSPS) is 23.7. The zero-order valence-electron chi connectivity index (χ0n) is 12.0.